The highest BCUT2D eigenvalue weighted by Crippen LogP contribution is 2.35. The molecule has 0 saturated heterocycles. The molecule has 40 heavy (non-hydrogen) atoms. The van der Waals surface area contributed by atoms with Crippen LogP contribution < -0.4 is 10.1 Å². The van der Waals surface area contributed by atoms with Gasteiger partial charge in [0.1, 0.15) is 17.4 Å². The van der Waals surface area contributed by atoms with E-state index in [1.54, 1.807) is 48.5 Å². The lowest BCUT2D eigenvalue weighted by atomic mass is 10.1. The molecular formula is C28H20ClN5O6. The number of nitriles is 1. The summed E-state index contributed by atoms with van der Waals surface area (Å²) >= 11 is 6.11. The minimum atomic E-state index is -0.748. The van der Waals surface area contributed by atoms with Crippen molar-refractivity contribution in [3.63, 3.8) is 0 Å². The number of para-hydroxylation sites is 1. The van der Waals surface area contributed by atoms with E-state index in [1.165, 1.54) is 12.1 Å². The van der Waals surface area contributed by atoms with Crippen LogP contribution >= 0.6 is 11.6 Å². The Morgan fingerprint density at radius 2 is 1.73 bits per heavy atom. The third-order valence-corrected chi connectivity index (χ3v) is 6.26. The first-order chi connectivity index (χ1) is 19.1. The van der Waals surface area contributed by atoms with Crippen molar-refractivity contribution in [2.45, 2.75) is 13.8 Å². The van der Waals surface area contributed by atoms with Gasteiger partial charge in [-0.3, -0.25) is 25.0 Å². The number of anilines is 1. The molecule has 0 saturated carbocycles. The molecule has 0 aliphatic rings. The molecule has 0 radical (unpaired) electrons. The van der Waals surface area contributed by atoms with Gasteiger partial charge in [0.2, 0.25) is 5.75 Å². The van der Waals surface area contributed by atoms with Gasteiger partial charge in [-0.25, -0.2) is 0 Å². The summed E-state index contributed by atoms with van der Waals surface area (Å²) in [6.07, 6.45) is 1.50. The Kier molecular flexibility index (Phi) is 7.93. The first-order valence-electron chi connectivity index (χ1n) is 11.7. The third-order valence-electron chi connectivity index (χ3n) is 5.93. The molecule has 200 valence electrons. The fraction of sp³-hybridized carbons (Fsp3) is 0.0714. The fourth-order valence-electron chi connectivity index (χ4n) is 4.03. The summed E-state index contributed by atoms with van der Waals surface area (Å²) in [5.41, 5.74) is 2.32. The van der Waals surface area contributed by atoms with Gasteiger partial charge in [-0.2, -0.15) is 5.26 Å². The van der Waals surface area contributed by atoms with Gasteiger partial charge in [-0.15, -0.1) is 0 Å². The zero-order valence-electron chi connectivity index (χ0n) is 21.1. The first-order valence-corrected chi connectivity index (χ1v) is 12.0. The fourth-order valence-corrected chi connectivity index (χ4v) is 4.21. The van der Waals surface area contributed by atoms with Crippen LogP contribution in [0.15, 0.2) is 78.4 Å². The van der Waals surface area contributed by atoms with Crippen LogP contribution in [0.1, 0.15) is 17.0 Å². The second-order valence-corrected chi connectivity index (χ2v) is 8.94. The number of rotatable bonds is 8. The van der Waals surface area contributed by atoms with Crippen LogP contribution in [0.25, 0.3) is 11.8 Å². The molecule has 12 heteroatoms. The van der Waals surface area contributed by atoms with Gasteiger partial charge in [-0.05, 0) is 74.0 Å². The van der Waals surface area contributed by atoms with E-state index in [0.29, 0.717) is 16.3 Å². The SMILES string of the molecule is Cc1cc(/C=C(/C#N)C(=O)Nc2ccccc2Cl)c(C)n1-c1ccc(Oc2ccc([N+](=O)[O-])cc2[N+](=O)[O-])cc1. The molecule has 3 aromatic carbocycles. The van der Waals surface area contributed by atoms with Gasteiger partial charge in [0, 0.05) is 23.1 Å². The maximum absolute atomic E-state index is 12.7. The minimum absolute atomic E-state index is 0.103. The molecule has 0 atom stereocenters. The van der Waals surface area contributed by atoms with Crippen molar-refractivity contribution in [1.29, 1.82) is 5.26 Å². The zero-order chi connectivity index (χ0) is 29.0. The maximum Gasteiger partial charge on any atom is 0.318 e. The smallest absolute Gasteiger partial charge is 0.318 e. The van der Waals surface area contributed by atoms with Crippen molar-refractivity contribution in [3.05, 3.63) is 121 Å². The Morgan fingerprint density at radius 1 is 1.02 bits per heavy atom. The number of amides is 1. The predicted octanol–water partition coefficient (Wildman–Crippen LogP) is 6.90. The zero-order valence-corrected chi connectivity index (χ0v) is 21.9. The number of nitrogens with zero attached hydrogens (tertiary/aromatic N) is 4. The summed E-state index contributed by atoms with van der Waals surface area (Å²) in [5, 5.41) is 35.0. The number of nitro benzene ring substituents is 2. The molecule has 0 aliphatic carbocycles. The summed E-state index contributed by atoms with van der Waals surface area (Å²) in [5.74, 6) is -0.447. The highest BCUT2D eigenvalue weighted by molar-refractivity contribution is 6.34. The van der Waals surface area contributed by atoms with Gasteiger partial charge in [0.15, 0.2) is 0 Å². The number of halogens is 1. The summed E-state index contributed by atoms with van der Waals surface area (Å²) in [4.78, 5) is 33.6. The maximum atomic E-state index is 12.7. The summed E-state index contributed by atoms with van der Waals surface area (Å²) in [6.45, 7) is 3.70. The van der Waals surface area contributed by atoms with Crippen LogP contribution in [0, 0.1) is 45.4 Å². The van der Waals surface area contributed by atoms with E-state index in [0.717, 1.165) is 29.2 Å². The Hall–Kier alpha value is -5.47. The Bertz CT molecular complexity index is 1720. The lowest BCUT2D eigenvalue weighted by Crippen LogP contribution is -2.13. The number of benzene rings is 3. The van der Waals surface area contributed by atoms with Gasteiger partial charge < -0.3 is 14.6 Å². The number of carbonyl (C=O) groups excluding carboxylic acids is 1. The molecule has 4 rings (SSSR count). The second kappa shape index (κ2) is 11.5. The monoisotopic (exact) mass is 557 g/mol. The van der Waals surface area contributed by atoms with Crippen LogP contribution in [0.5, 0.6) is 11.5 Å². The van der Waals surface area contributed by atoms with E-state index in [2.05, 4.69) is 5.32 Å². The van der Waals surface area contributed by atoms with Gasteiger partial charge in [-0.1, -0.05) is 23.7 Å². The van der Waals surface area contributed by atoms with E-state index >= 15 is 0 Å². The normalized spacial score (nSPS) is 11.0. The Morgan fingerprint density at radius 3 is 2.35 bits per heavy atom. The number of aromatic nitrogens is 1. The third kappa shape index (κ3) is 5.82. The van der Waals surface area contributed by atoms with Crippen molar-refractivity contribution in [3.8, 4) is 23.3 Å². The number of hydrogen-bond acceptors (Lipinski definition) is 7. The molecule has 0 fully saturated rings. The highest BCUT2D eigenvalue weighted by Gasteiger charge is 2.21. The number of hydrogen-bond donors (Lipinski definition) is 1. The average Bonchev–Trinajstić information content (AvgIpc) is 3.21. The van der Waals surface area contributed by atoms with Gasteiger partial charge in [0.25, 0.3) is 11.6 Å². The molecule has 0 bridgehead atoms. The molecule has 0 unspecified atom stereocenters. The Labute approximate surface area is 232 Å². The van der Waals surface area contributed by atoms with E-state index in [9.17, 15) is 30.3 Å². The number of ether oxygens (including phenoxy) is 1. The summed E-state index contributed by atoms with van der Waals surface area (Å²) < 4.78 is 7.55. The highest BCUT2D eigenvalue weighted by atomic mass is 35.5. The first kappa shape index (κ1) is 27.6. The van der Waals surface area contributed by atoms with E-state index in [4.69, 9.17) is 16.3 Å². The summed E-state index contributed by atoms with van der Waals surface area (Å²) in [6, 6.07) is 20.3. The summed E-state index contributed by atoms with van der Waals surface area (Å²) in [7, 11) is 0. The van der Waals surface area contributed by atoms with Crippen LogP contribution in [-0.4, -0.2) is 20.3 Å². The van der Waals surface area contributed by atoms with Gasteiger partial charge in [0.05, 0.1) is 26.6 Å². The van der Waals surface area contributed by atoms with Crippen LogP contribution in [0.3, 0.4) is 0 Å². The minimum Gasteiger partial charge on any atom is -0.450 e. The second-order valence-electron chi connectivity index (χ2n) is 8.53. The number of nitrogens with one attached hydrogen (secondary N) is 1. The van der Waals surface area contributed by atoms with Crippen LogP contribution in [-0.2, 0) is 4.79 Å². The van der Waals surface area contributed by atoms with Crippen molar-refractivity contribution in [2.75, 3.05) is 5.32 Å². The lowest BCUT2D eigenvalue weighted by molar-refractivity contribution is -0.394. The average molecular weight is 558 g/mol. The number of aryl methyl sites for hydroxylation is 1. The molecule has 1 heterocycles. The van der Waals surface area contributed by atoms with Crippen LogP contribution in [0.4, 0.5) is 17.1 Å². The van der Waals surface area contributed by atoms with Gasteiger partial charge >= 0.3 is 5.69 Å². The van der Waals surface area contributed by atoms with Crippen molar-refractivity contribution in [2.24, 2.45) is 0 Å². The van der Waals surface area contributed by atoms with E-state index in [1.807, 2.05) is 30.6 Å². The van der Waals surface area contributed by atoms with E-state index < -0.39 is 27.1 Å². The standard InChI is InChI=1S/C28H20ClN5O6/c1-17-13-19(14-20(16-30)28(35)31-25-6-4-3-5-24(25)29)18(2)32(17)21-7-10-23(11-8-21)40-27-12-9-22(33(36)37)15-26(27)34(38)39/h3-15H,1-2H3,(H,31,35)/b20-14-. The molecular weight excluding hydrogens is 538 g/mol. The quantitative estimate of drug-likeness (QED) is 0.107. The number of nitro groups is 2. The molecule has 0 aliphatic heterocycles. The molecule has 1 amide bonds. The molecule has 4 aromatic rings. The molecule has 11 nitrogen and oxygen atoms in total. The molecule has 1 N–H and O–H groups in total. The van der Waals surface area contributed by atoms with E-state index in [-0.39, 0.29) is 17.1 Å². The van der Waals surface area contributed by atoms with Crippen molar-refractivity contribution >= 4 is 40.6 Å². The topological polar surface area (TPSA) is 153 Å². The largest absolute Gasteiger partial charge is 0.450 e. The van der Waals surface area contributed by atoms with Crippen LogP contribution in [0.2, 0.25) is 5.02 Å². The number of carbonyl (C=O) groups is 1. The molecule has 0 spiro atoms. The molecule has 1 aromatic heterocycles. The lowest BCUT2D eigenvalue weighted by Gasteiger charge is -2.11. The number of non-ortho nitro benzene ring substituents is 1. The Balaban J connectivity index is 1.58. The van der Waals surface area contributed by atoms with Crippen molar-refractivity contribution in [1.82, 2.24) is 4.57 Å². The predicted molar refractivity (Wildman–Crippen MR) is 149 cm³/mol. The van der Waals surface area contributed by atoms with Crippen molar-refractivity contribution < 1.29 is 19.4 Å².